The van der Waals surface area contributed by atoms with Crippen molar-refractivity contribution < 1.29 is 13.2 Å². The molecule has 1 aromatic rings. The molecule has 23 heavy (non-hydrogen) atoms. The third-order valence-corrected chi connectivity index (χ3v) is 5.98. The number of rotatable bonds is 6. The van der Waals surface area contributed by atoms with E-state index in [1.807, 2.05) is 13.8 Å². The fourth-order valence-electron chi connectivity index (χ4n) is 2.54. The molecule has 0 atom stereocenters. The molecule has 0 spiro atoms. The summed E-state index contributed by atoms with van der Waals surface area (Å²) >= 11 is 3.33. The summed E-state index contributed by atoms with van der Waals surface area (Å²) in [7, 11) is -3.61. The Morgan fingerprint density at radius 3 is 2.57 bits per heavy atom. The van der Waals surface area contributed by atoms with Crippen LogP contribution in [0.4, 0.5) is 0 Å². The van der Waals surface area contributed by atoms with Crippen LogP contribution >= 0.6 is 15.9 Å². The lowest BCUT2D eigenvalue weighted by Gasteiger charge is -2.14. The molecule has 1 amide bonds. The fraction of sp³-hybridized carbons (Fsp3) is 0.562. The van der Waals surface area contributed by atoms with Crippen molar-refractivity contribution in [1.82, 2.24) is 10.0 Å². The van der Waals surface area contributed by atoms with Crippen molar-refractivity contribution in [3.05, 3.63) is 28.2 Å². The predicted molar refractivity (Wildman–Crippen MR) is 93.9 cm³/mol. The van der Waals surface area contributed by atoms with E-state index < -0.39 is 10.0 Å². The number of hydrogen-bond donors (Lipinski definition) is 2. The van der Waals surface area contributed by atoms with Gasteiger partial charge < -0.3 is 5.32 Å². The second-order valence-electron chi connectivity index (χ2n) is 6.34. The SMILES string of the molecule is CC(C)CNS(=O)(=O)c1ccc(Br)c(C(=O)NC2CCCC2)c1. The summed E-state index contributed by atoms with van der Waals surface area (Å²) in [5, 5.41) is 2.98. The molecule has 1 fully saturated rings. The highest BCUT2D eigenvalue weighted by atomic mass is 79.9. The normalized spacial score (nSPS) is 16.0. The van der Waals surface area contributed by atoms with Gasteiger partial charge in [0.2, 0.25) is 10.0 Å². The molecule has 0 heterocycles. The monoisotopic (exact) mass is 402 g/mol. The van der Waals surface area contributed by atoms with Gasteiger partial charge in [-0.2, -0.15) is 0 Å². The van der Waals surface area contributed by atoms with Crippen LogP contribution in [0.3, 0.4) is 0 Å². The predicted octanol–water partition coefficient (Wildman–Crippen LogP) is 3.06. The first-order valence-electron chi connectivity index (χ1n) is 7.89. The summed E-state index contributed by atoms with van der Waals surface area (Å²) in [4.78, 5) is 12.5. The van der Waals surface area contributed by atoms with Crippen LogP contribution in [0, 0.1) is 5.92 Å². The van der Waals surface area contributed by atoms with Crippen LogP contribution in [0.2, 0.25) is 0 Å². The molecule has 128 valence electrons. The Hall–Kier alpha value is -0.920. The first kappa shape index (κ1) is 18.4. The van der Waals surface area contributed by atoms with E-state index in [9.17, 15) is 13.2 Å². The van der Waals surface area contributed by atoms with Crippen molar-refractivity contribution >= 4 is 31.9 Å². The van der Waals surface area contributed by atoms with Gasteiger partial charge in [0.15, 0.2) is 0 Å². The quantitative estimate of drug-likeness (QED) is 0.767. The lowest BCUT2D eigenvalue weighted by Crippen LogP contribution is -2.33. The minimum Gasteiger partial charge on any atom is -0.349 e. The summed E-state index contributed by atoms with van der Waals surface area (Å²) in [5.74, 6) is -0.0185. The minimum atomic E-state index is -3.61. The van der Waals surface area contributed by atoms with Crippen molar-refractivity contribution in [2.75, 3.05) is 6.54 Å². The minimum absolute atomic E-state index is 0.109. The Balaban J connectivity index is 2.19. The number of hydrogen-bond acceptors (Lipinski definition) is 3. The van der Waals surface area contributed by atoms with Crippen molar-refractivity contribution in [3.63, 3.8) is 0 Å². The Kier molecular flexibility index (Phi) is 6.22. The van der Waals surface area contributed by atoms with E-state index in [1.165, 1.54) is 12.1 Å². The van der Waals surface area contributed by atoms with Crippen LogP contribution in [0.1, 0.15) is 49.9 Å². The molecule has 0 radical (unpaired) electrons. The third kappa shape index (κ3) is 5.02. The molecule has 0 bridgehead atoms. The van der Waals surface area contributed by atoms with Gasteiger partial charge in [-0.3, -0.25) is 4.79 Å². The van der Waals surface area contributed by atoms with Gasteiger partial charge in [-0.1, -0.05) is 26.7 Å². The van der Waals surface area contributed by atoms with Crippen molar-refractivity contribution in [2.24, 2.45) is 5.92 Å². The van der Waals surface area contributed by atoms with Crippen LogP contribution in [-0.2, 0) is 10.0 Å². The summed E-state index contributed by atoms with van der Waals surface area (Å²) in [6.45, 7) is 4.23. The van der Waals surface area contributed by atoms with Gasteiger partial charge in [0.25, 0.3) is 5.91 Å². The zero-order valence-electron chi connectivity index (χ0n) is 13.4. The van der Waals surface area contributed by atoms with Crippen LogP contribution in [-0.4, -0.2) is 26.9 Å². The van der Waals surface area contributed by atoms with Crippen LogP contribution in [0.25, 0.3) is 0 Å². The maximum atomic E-state index is 12.4. The molecule has 2 rings (SSSR count). The number of carbonyl (C=O) groups excluding carboxylic acids is 1. The van der Waals surface area contributed by atoms with Gasteiger partial charge in [-0.15, -0.1) is 0 Å². The maximum absolute atomic E-state index is 12.4. The average Bonchev–Trinajstić information content (AvgIpc) is 2.98. The molecule has 1 saturated carbocycles. The van der Waals surface area contributed by atoms with Gasteiger partial charge in [0.1, 0.15) is 0 Å². The van der Waals surface area contributed by atoms with Crippen molar-refractivity contribution in [1.29, 1.82) is 0 Å². The number of halogens is 1. The highest BCUT2D eigenvalue weighted by Gasteiger charge is 2.22. The number of carbonyl (C=O) groups is 1. The standard InChI is InChI=1S/C16H23BrN2O3S/c1-11(2)10-18-23(21,22)13-7-8-15(17)14(9-13)16(20)19-12-5-3-4-6-12/h7-9,11-12,18H,3-6,10H2,1-2H3,(H,19,20). The highest BCUT2D eigenvalue weighted by molar-refractivity contribution is 9.10. The summed E-state index contributed by atoms with van der Waals surface area (Å²) in [6.07, 6.45) is 4.22. The van der Waals surface area contributed by atoms with Crippen molar-refractivity contribution in [3.8, 4) is 0 Å². The van der Waals surface area contributed by atoms with Gasteiger partial charge in [0, 0.05) is 17.1 Å². The number of benzene rings is 1. The zero-order chi connectivity index (χ0) is 17.0. The third-order valence-electron chi connectivity index (χ3n) is 3.86. The molecule has 0 aromatic heterocycles. The number of nitrogens with one attached hydrogen (secondary N) is 2. The molecule has 0 unspecified atom stereocenters. The van der Waals surface area contributed by atoms with E-state index in [0.29, 0.717) is 16.6 Å². The molecule has 0 aliphatic heterocycles. The van der Waals surface area contributed by atoms with Gasteiger partial charge in [0.05, 0.1) is 10.5 Å². The molecule has 5 nitrogen and oxygen atoms in total. The highest BCUT2D eigenvalue weighted by Crippen LogP contribution is 2.23. The Morgan fingerprint density at radius 1 is 1.30 bits per heavy atom. The second-order valence-corrected chi connectivity index (χ2v) is 8.96. The van der Waals surface area contributed by atoms with E-state index in [2.05, 4.69) is 26.0 Å². The molecular weight excluding hydrogens is 380 g/mol. The lowest BCUT2D eigenvalue weighted by atomic mass is 10.2. The van der Waals surface area contributed by atoms with Gasteiger partial charge in [-0.25, -0.2) is 13.1 Å². The lowest BCUT2D eigenvalue weighted by molar-refractivity contribution is 0.0937. The van der Waals surface area contributed by atoms with Crippen molar-refractivity contribution in [2.45, 2.75) is 50.5 Å². The first-order chi connectivity index (χ1) is 10.8. The van der Waals surface area contributed by atoms with E-state index in [-0.39, 0.29) is 22.8 Å². The molecule has 1 aromatic carbocycles. The molecule has 1 aliphatic carbocycles. The molecule has 2 N–H and O–H groups in total. The van der Waals surface area contributed by atoms with Crippen LogP contribution in [0.15, 0.2) is 27.6 Å². The van der Waals surface area contributed by atoms with E-state index in [0.717, 1.165) is 25.7 Å². The first-order valence-corrected chi connectivity index (χ1v) is 10.2. The van der Waals surface area contributed by atoms with E-state index in [1.54, 1.807) is 6.07 Å². The average molecular weight is 403 g/mol. The summed E-state index contributed by atoms with van der Waals surface area (Å²) in [5.41, 5.74) is 0.351. The van der Waals surface area contributed by atoms with Crippen LogP contribution in [0.5, 0.6) is 0 Å². The number of sulfonamides is 1. The van der Waals surface area contributed by atoms with E-state index >= 15 is 0 Å². The number of amides is 1. The molecular formula is C16H23BrN2O3S. The Labute approximate surface area is 146 Å². The fourth-order valence-corrected chi connectivity index (χ4v) is 4.20. The largest absolute Gasteiger partial charge is 0.349 e. The van der Waals surface area contributed by atoms with Gasteiger partial charge in [-0.05, 0) is 52.9 Å². The molecule has 0 saturated heterocycles. The summed E-state index contributed by atoms with van der Waals surface area (Å²) < 4.78 is 27.8. The maximum Gasteiger partial charge on any atom is 0.252 e. The smallest absolute Gasteiger partial charge is 0.252 e. The molecule has 7 heteroatoms. The Bertz CT molecular complexity index is 668. The topological polar surface area (TPSA) is 75.3 Å². The Morgan fingerprint density at radius 2 is 1.96 bits per heavy atom. The van der Waals surface area contributed by atoms with Gasteiger partial charge >= 0.3 is 0 Å². The van der Waals surface area contributed by atoms with Crippen LogP contribution < -0.4 is 10.0 Å². The summed E-state index contributed by atoms with van der Waals surface area (Å²) in [6, 6.07) is 4.72. The van der Waals surface area contributed by atoms with E-state index in [4.69, 9.17) is 0 Å². The molecule has 1 aliphatic rings. The second kappa shape index (κ2) is 7.77. The zero-order valence-corrected chi connectivity index (χ0v) is 15.8.